The maximum Gasteiger partial charge on any atom is 0.247 e. The number of nitrogens with zero attached hydrogens (tertiary/aromatic N) is 3. The summed E-state index contributed by atoms with van der Waals surface area (Å²) in [6.45, 7) is 1.80. The molecule has 4 rings (SSSR count). The molecule has 4 aromatic rings. The van der Waals surface area contributed by atoms with Crippen LogP contribution in [0.5, 0.6) is 0 Å². The summed E-state index contributed by atoms with van der Waals surface area (Å²) in [6.07, 6.45) is 1.38. The minimum Gasteiger partial charge on any atom is -0.441 e. The van der Waals surface area contributed by atoms with Crippen LogP contribution in [0.25, 0.3) is 22.9 Å². The Bertz CT molecular complexity index is 1060. The van der Waals surface area contributed by atoms with Crippen molar-refractivity contribution in [2.24, 2.45) is 0 Å². The highest BCUT2D eigenvalue weighted by atomic mass is 16.4. The minimum atomic E-state index is -0.186. The van der Waals surface area contributed by atoms with Crippen molar-refractivity contribution in [3.05, 3.63) is 72.4 Å². The first-order chi connectivity index (χ1) is 13.2. The fourth-order valence-electron chi connectivity index (χ4n) is 2.68. The van der Waals surface area contributed by atoms with E-state index in [0.29, 0.717) is 28.9 Å². The summed E-state index contributed by atoms with van der Waals surface area (Å²) >= 11 is 0. The van der Waals surface area contributed by atoms with Crippen LogP contribution in [-0.4, -0.2) is 21.1 Å². The van der Waals surface area contributed by atoms with Crippen molar-refractivity contribution in [2.75, 3.05) is 5.32 Å². The normalized spacial score (nSPS) is 10.7. The standard InChI is InChI=1S/C20H16N4O3/c1-13-17(23-19(27-13)14-6-3-2-4-7-14)11-18(25)22-16-9-5-8-15(10-16)20-24-21-12-26-20/h2-10,12H,11H2,1H3,(H,22,25). The molecule has 1 N–H and O–H groups in total. The predicted molar refractivity (Wildman–Crippen MR) is 98.7 cm³/mol. The molecule has 134 valence electrons. The van der Waals surface area contributed by atoms with Gasteiger partial charge in [0, 0.05) is 16.8 Å². The molecule has 0 aliphatic heterocycles. The number of carbonyl (C=O) groups excluding carboxylic acids is 1. The Hall–Kier alpha value is -3.74. The van der Waals surface area contributed by atoms with E-state index in [4.69, 9.17) is 8.83 Å². The van der Waals surface area contributed by atoms with Crippen molar-refractivity contribution >= 4 is 11.6 Å². The Morgan fingerprint density at radius 1 is 1.04 bits per heavy atom. The van der Waals surface area contributed by atoms with Gasteiger partial charge in [-0.25, -0.2) is 4.98 Å². The quantitative estimate of drug-likeness (QED) is 0.580. The zero-order valence-corrected chi connectivity index (χ0v) is 14.5. The van der Waals surface area contributed by atoms with Gasteiger partial charge in [0.15, 0.2) is 0 Å². The van der Waals surface area contributed by atoms with Crippen molar-refractivity contribution in [3.63, 3.8) is 0 Å². The third kappa shape index (κ3) is 3.77. The maximum atomic E-state index is 12.4. The number of hydrogen-bond acceptors (Lipinski definition) is 6. The van der Waals surface area contributed by atoms with Crippen LogP contribution in [0.3, 0.4) is 0 Å². The van der Waals surface area contributed by atoms with E-state index in [2.05, 4.69) is 20.5 Å². The molecule has 0 radical (unpaired) electrons. The van der Waals surface area contributed by atoms with Crippen molar-refractivity contribution in [3.8, 4) is 22.9 Å². The van der Waals surface area contributed by atoms with Gasteiger partial charge in [-0.1, -0.05) is 24.3 Å². The van der Waals surface area contributed by atoms with Gasteiger partial charge < -0.3 is 14.2 Å². The second-order valence-electron chi connectivity index (χ2n) is 5.94. The summed E-state index contributed by atoms with van der Waals surface area (Å²) in [4.78, 5) is 16.9. The lowest BCUT2D eigenvalue weighted by atomic mass is 10.2. The summed E-state index contributed by atoms with van der Waals surface area (Å²) in [5.74, 6) is 1.34. The van der Waals surface area contributed by atoms with E-state index >= 15 is 0 Å². The average Bonchev–Trinajstić information content (AvgIpc) is 3.33. The van der Waals surface area contributed by atoms with Gasteiger partial charge in [-0.2, -0.15) is 0 Å². The summed E-state index contributed by atoms with van der Waals surface area (Å²) in [5, 5.41) is 10.4. The largest absolute Gasteiger partial charge is 0.441 e. The summed E-state index contributed by atoms with van der Waals surface area (Å²) in [7, 11) is 0. The molecule has 0 saturated heterocycles. The molecule has 0 saturated carbocycles. The topological polar surface area (TPSA) is 94.1 Å². The van der Waals surface area contributed by atoms with E-state index < -0.39 is 0 Å². The van der Waals surface area contributed by atoms with E-state index in [1.807, 2.05) is 42.5 Å². The van der Waals surface area contributed by atoms with Crippen LogP contribution in [-0.2, 0) is 11.2 Å². The molecule has 0 atom stereocenters. The number of hydrogen-bond donors (Lipinski definition) is 1. The molecular formula is C20H16N4O3. The van der Waals surface area contributed by atoms with Crippen molar-refractivity contribution < 1.29 is 13.6 Å². The zero-order chi connectivity index (χ0) is 18.6. The van der Waals surface area contributed by atoms with Gasteiger partial charge in [-0.3, -0.25) is 4.79 Å². The number of benzene rings is 2. The maximum absolute atomic E-state index is 12.4. The zero-order valence-electron chi connectivity index (χ0n) is 14.5. The number of oxazole rings is 1. The Labute approximate surface area is 155 Å². The third-order valence-electron chi connectivity index (χ3n) is 3.99. The van der Waals surface area contributed by atoms with Gasteiger partial charge in [0.25, 0.3) is 0 Å². The number of nitrogens with one attached hydrogen (secondary N) is 1. The minimum absolute atomic E-state index is 0.118. The molecule has 1 amide bonds. The smallest absolute Gasteiger partial charge is 0.247 e. The van der Waals surface area contributed by atoms with Crippen LogP contribution in [0, 0.1) is 6.92 Å². The lowest BCUT2D eigenvalue weighted by Gasteiger charge is -2.05. The number of carbonyl (C=O) groups is 1. The second-order valence-corrected chi connectivity index (χ2v) is 5.94. The molecule has 0 fully saturated rings. The summed E-state index contributed by atoms with van der Waals surface area (Å²) in [5.41, 5.74) is 2.85. The molecule has 0 bridgehead atoms. The third-order valence-corrected chi connectivity index (χ3v) is 3.99. The van der Waals surface area contributed by atoms with Crippen LogP contribution in [0.1, 0.15) is 11.5 Å². The molecule has 7 heteroatoms. The van der Waals surface area contributed by atoms with Gasteiger partial charge in [-0.05, 0) is 37.3 Å². The summed E-state index contributed by atoms with van der Waals surface area (Å²) in [6, 6.07) is 16.8. The predicted octanol–water partition coefficient (Wildman–Crippen LogP) is 3.88. The number of anilines is 1. The number of amides is 1. The van der Waals surface area contributed by atoms with Gasteiger partial charge in [0.1, 0.15) is 5.76 Å². The Balaban J connectivity index is 1.47. The van der Waals surface area contributed by atoms with Gasteiger partial charge in [-0.15, -0.1) is 10.2 Å². The van der Waals surface area contributed by atoms with E-state index in [1.165, 1.54) is 6.39 Å². The van der Waals surface area contributed by atoms with Crippen LogP contribution in [0.4, 0.5) is 5.69 Å². The first kappa shape index (κ1) is 16.7. The molecular weight excluding hydrogens is 344 g/mol. The second kappa shape index (κ2) is 7.25. The van der Waals surface area contributed by atoms with E-state index in [9.17, 15) is 4.79 Å². The van der Waals surface area contributed by atoms with Crippen LogP contribution >= 0.6 is 0 Å². The van der Waals surface area contributed by atoms with Crippen LogP contribution in [0.15, 0.2) is 69.8 Å². The fraction of sp³-hybridized carbons (Fsp3) is 0.100. The molecule has 0 aliphatic rings. The summed E-state index contributed by atoms with van der Waals surface area (Å²) < 4.78 is 10.9. The first-order valence-corrected chi connectivity index (χ1v) is 8.37. The molecule has 0 aliphatic carbocycles. The molecule has 2 heterocycles. The Morgan fingerprint density at radius 3 is 2.63 bits per heavy atom. The molecule has 2 aromatic carbocycles. The van der Waals surface area contributed by atoms with Crippen molar-refractivity contribution in [1.82, 2.24) is 15.2 Å². The Kier molecular flexibility index (Phi) is 4.49. The van der Waals surface area contributed by atoms with Gasteiger partial charge in [0.2, 0.25) is 24.1 Å². The van der Waals surface area contributed by atoms with Crippen molar-refractivity contribution in [2.45, 2.75) is 13.3 Å². The SMILES string of the molecule is Cc1oc(-c2ccccc2)nc1CC(=O)Nc1cccc(-c2nnco2)c1. The Morgan fingerprint density at radius 2 is 1.85 bits per heavy atom. The molecule has 2 aromatic heterocycles. The fourth-order valence-corrected chi connectivity index (χ4v) is 2.68. The highest BCUT2D eigenvalue weighted by molar-refractivity contribution is 5.92. The van der Waals surface area contributed by atoms with E-state index in [1.54, 1.807) is 19.1 Å². The molecule has 27 heavy (non-hydrogen) atoms. The average molecular weight is 360 g/mol. The number of aryl methyl sites for hydroxylation is 1. The highest BCUT2D eigenvalue weighted by Crippen LogP contribution is 2.23. The van der Waals surface area contributed by atoms with Gasteiger partial charge >= 0.3 is 0 Å². The number of rotatable bonds is 5. The van der Waals surface area contributed by atoms with E-state index in [-0.39, 0.29) is 12.3 Å². The van der Waals surface area contributed by atoms with Crippen molar-refractivity contribution in [1.29, 1.82) is 0 Å². The number of aromatic nitrogens is 3. The van der Waals surface area contributed by atoms with Crippen LogP contribution < -0.4 is 5.32 Å². The lowest BCUT2D eigenvalue weighted by molar-refractivity contribution is -0.115. The monoisotopic (exact) mass is 360 g/mol. The highest BCUT2D eigenvalue weighted by Gasteiger charge is 2.15. The molecule has 7 nitrogen and oxygen atoms in total. The van der Waals surface area contributed by atoms with E-state index in [0.717, 1.165) is 11.1 Å². The molecule has 0 spiro atoms. The molecule has 0 unspecified atom stereocenters. The lowest BCUT2D eigenvalue weighted by Crippen LogP contribution is -2.15. The van der Waals surface area contributed by atoms with Crippen LogP contribution in [0.2, 0.25) is 0 Å². The first-order valence-electron chi connectivity index (χ1n) is 8.37. The van der Waals surface area contributed by atoms with Gasteiger partial charge in [0.05, 0.1) is 12.1 Å².